The molecule has 0 radical (unpaired) electrons. The highest BCUT2D eigenvalue weighted by molar-refractivity contribution is 6.30. The first kappa shape index (κ1) is 22.0. The zero-order chi connectivity index (χ0) is 24.8. The predicted octanol–water partition coefficient (Wildman–Crippen LogP) is 3.98. The fourth-order valence-corrected chi connectivity index (χ4v) is 4.50. The van der Waals surface area contributed by atoms with Crippen LogP contribution < -0.4 is 26.0 Å². The first-order valence-corrected chi connectivity index (χ1v) is 11.4. The maximum Gasteiger partial charge on any atom is 0.332 e. The smallest absolute Gasteiger partial charge is 0.332 e. The first-order valence-electron chi connectivity index (χ1n) is 11.1. The van der Waals surface area contributed by atoms with Crippen LogP contribution in [0.3, 0.4) is 0 Å². The van der Waals surface area contributed by atoms with Crippen LogP contribution >= 0.6 is 11.6 Å². The zero-order valence-corrected chi connectivity index (χ0v) is 19.4. The summed E-state index contributed by atoms with van der Waals surface area (Å²) in [7, 11) is 0. The van der Waals surface area contributed by atoms with Crippen molar-refractivity contribution < 1.29 is 18.7 Å². The van der Waals surface area contributed by atoms with E-state index in [9.17, 15) is 14.4 Å². The molecule has 0 saturated carbocycles. The molecule has 0 unspecified atom stereocenters. The number of aromatic nitrogens is 2. The van der Waals surface area contributed by atoms with Crippen molar-refractivity contribution in [1.29, 1.82) is 0 Å². The number of rotatable bonds is 5. The second-order valence-electron chi connectivity index (χ2n) is 8.28. The van der Waals surface area contributed by atoms with Crippen molar-refractivity contribution in [2.24, 2.45) is 0 Å². The molecule has 0 saturated heterocycles. The van der Waals surface area contributed by atoms with E-state index in [2.05, 4.69) is 5.32 Å². The molecule has 1 aliphatic heterocycles. The van der Waals surface area contributed by atoms with E-state index in [4.69, 9.17) is 25.5 Å². The highest BCUT2D eigenvalue weighted by Gasteiger charge is 2.22. The highest BCUT2D eigenvalue weighted by atomic mass is 35.5. The van der Waals surface area contributed by atoms with Crippen LogP contribution in [0.2, 0.25) is 5.02 Å². The summed E-state index contributed by atoms with van der Waals surface area (Å²) in [4.78, 5) is 40.0. The SMILES string of the molecule is O=C(Cn1c(=O)n(Cc2ccc3c(c2)OCO3)c(=O)c2oc3ccccc3c21)Nc1cccc(Cl)c1. The van der Waals surface area contributed by atoms with Gasteiger partial charge >= 0.3 is 5.69 Å². The molecule has 10 heteroatoms. The van der Waals surface area contributed by atoms with E-state index in [0.29, 0.717) is 38.7 Å². The van der Waals surface area contributed by atoms with E-state index in [0.717, 1.165) is 4.57 Å². The average molecular weight is 504 g/mol. The number of fused-ring (bicyclic) bond motifs is 4. The second kappa shape index (κ2) is 8.62. The summed E-state index contributed by atoms with van der Waals surface area (Å²) < 4.78 is 18.9. The molecule has 2 aromatic heterocycles. The molecular formula is C26H18ClN3O6. The summed E-state index contributed by atoms with van der Waals surface area (Å²) in [6.07, 6.45) is 0. The number of para-hydroxylation sites is 1. The molecule has 5 aromatic rings. The lowest BCUT2D eigenvalue weighted by molar-refractivity contribution is -0.116. The van der Waals surface area contributed by atoms with Crippen LogP contribution in [0.15, 0.2) is 80.7 Å². The number of carbonyl (C=O) groups excluding carboxylic acids is 1. The van der Waals surface area contributed by atoms with Gasteiger partial charge in [0.15, 0.2) is 11.5 Å². The molecular weight excluding hydrogens is 486 g/mol. The van der Waals surface area contributed by atoms with Crippen LogP contribution in [0, 0.1) is 0 Å². The van der Waals surface area contributed by atoms with E-state index in [-0.39, 0.29) is 31.0 Å². The standard InChI is InChI=1S/C26H18ClN3O6/c27-16-4-3-5-17(11-16)28-22(31)13-29-23-18-6-1-2-7-19(18)36-24(23)25(32)30(26(29)33)12-15-8-9-20-21(10-15)35-14-34-20/h1-11H,12-14H2,(H,28,31). The number of amides is 1. The monoisotopic (exact) mass is 503 g/mol. The average Bonchev–Trinajstić information content (AvgIpc) is 3.49. The van der Waals surface area contributed by atoms with Gasteiger partial charge in [0, 0.05) is 16.1 Å². The topological polar surface area (TPSA) is 105 Å². The number of nitrogens with zero attached hydrogens (tertiary/aromatic N) is 2. The van der Waals surface area contributed by atoms with Crippen LogP contribution in [0.1, 0.15) is 5.56 Å². The number of nitrogens with one attached hydrogen (secondary N) is 1. The minimum Gasteiger partial charge on any atom is -0.454 e. The van der Waals surface area contributed by atoms with E-state index < -0.39 is 17.2 Å². The molecule has 1 N–H and O–H groups in total. The minimum atomic E-state index is -0.641. The van der Waals surface area contributed by atoms with Crippen LogP contribution in [-0.4, -0.2) is 21.8 Å². The van der Waals surface area contributed by atoms with E-state index in [1.807, 2.05) is 0 Å². The third-order valence-corrected chi connectivity index (χ3v) is 6.16. The summed E-state index contributed by atoms with van der Waals surface area (Å²) in [5.41, 5.74) is 0.615. The van der Waals surface area contributed by atoms with Gasteiger partial charge in [0.2, 0.25) is 18.3 Å². The molecule has 0 aliphatic carbocycles. The fraction of sp³-hybridized carbons (Fsp3) is 0.115. The van der Waals surface area contributed by atoms with E-state index >= 15 is 0 Å². The Morgan fingerprint density at radius 3 is 2.64 bits per heavy atom. The summed E-state index contributed by atoms with van der Waals surface area (Å²) in [6.45, 7) is -0.276. The Labute approximate surface area is 208 Å². The molecule has 0 fully saturated rings. The molecule has 3 aromatic carbocycles. The van der Waals surface area contributed by atoms with Gasteiger partial charge < -0.3 is 19.2 Å². The molecule has 1 aliphatic rings. The summed E-state index contributed by atoms with van der Waals surface area (Å²) in [5.74, 6) is 0.666. The molecule has 36 heavy (non-hydrogen) atoms. The number of carbonyl (C=O) groups is 1. The number of ether oxygens (including phenoxy) is 2. The van der Waals surface area contributed by atoms with Crippen LogP contribution in [0.4, 0.5) is 5.69 Å². The Bertz CT molecular complexity index is 1780. The van der Waals surface area contributed by atoms with Crippen LogP contribution in [0.25, 0.3) is 22.1 Å². The number of furan rings is 1. The third kappa shape index (κ3) is 3.79. The summed E-state index contributed by atoms with van der Waals surface area (Å²) in [6, 6.07) is 18.9. The number of benzene rings is 3. The number of hydrogen-bond donors (Lipinski definition) is 1. The van der Waals surface area contributed by atoms with Gasteiger partial charge in [0.1, 0.15) is 17.6 Å². The number of anilines is 1. The van der Waals surface area contributed by atoms with Crippen molar-refractivity contribution in [2.45, 2.75) is 13.1 Å². The molecule has 6 rings (SSSR count). The van der Waals surface area contributed by atoms with Crippen molar-refractivity contribution in [3.05, 3.63) is 98.2 Å². The Morgan fingerprint density at radius 1 is 0.944 bits per heavy atom. The van der Waals surface area contributed by atoms with Crippen molar-refractivity contribution in [2.75, 3.05) is 12.1 Å². The number of hydrogen-bond acceptors (Lipinski definition) is 6. The Hall–Kier alpha value is -4.50. The van der Waals surface area contributed by atoms with E-state index in [1.165, 1.54) is 4.57 Å². The molecule has 3 heterocycles. The van der Waals surface area contributed by atoms with Gasteiger partial charge in [0.05, 0.1) is 6.54 Å². The first-order chi connectivity index (χ1) is 17.5. The van der Waals surface area contributed by atoms with Gasteiger partial charge in [0.25, 0.3) is 5.56 Å². The van der Waals surface area contributed by atoms with Gasteiger partial charge in [-0.25, -0.2) is 4.79 Å². The summed E-state index contributed by atoms with van der Waals surface area (Å²) >= 11 is 6.02. The maximum atomic E-state index is 13.7. The molecule has 9 nitrogen and oxygen atoms in total. The zero-order valence-electron chi connectivity index (χ0n) is 18.7. The maximum absolute atomic E-state index is 13.7. The van der Waals surface area contributed by atoms with Gasteiger partial charge in [-0.3, -0.25) is 18.7 Å². The largest absolute Gasteiger partial charge is 0.454 e. The van der Waals surface area contributed by atoms with Crippen molar-refractivity contribution in [3.63, 3.8) is 0 Å². The normalized spacial score (nSPS) is 12.4. The number of halogens is 1. The predicted molar refractivity (Wildman–Crippen MR) is 134 cm³/mol. The van der Waals surface area contributed by atoms with Gasteiger partial charge in [-0.05, 0) is 48.0 Å². The van der Waals surface area contributed by atoms with Gasteiger partial charge in [-0.2, -0.15) is 0 Å². The van der Waals surface area contributed by atoms with Crippen molar-refractivity contribution in [1.82, 2.24) is 9.13 Å². The Morgan fingerprint density at radius 2 is 1.78 bits per heavy atom. The van der Waals surface area contributed by atoms with Crippen molar-refractivity contribution >= 4 is 45.3 Å². The Balaban J connectivity index is 1.47. The van der Waals surface area contributed by atoms with Crippen molar-refractivity contribution in [3.8, 4) is 11.5 Å². The minimum absolute atomic E-state index is 0.00732. The second-order valence-corrected chi connectivity index (χ2v) is 8.72. The van der Waals surface area contributed by atoms with E-state index in [1.54, 1.807) is 66.7 Å². The lowest BCUT2D eigenvalue weighted by Crippen LogP contribution is -2.41. The van der Waals surface area contributed by atoms with Crippen LogP contribution in [0.5, 0.6) is 11.5 Å². The van der Waals surface area contributed by atoms with Gasteiger partial charge in [-0.15, -0.1) is 0 Å². The van der Waals surface area contributed by atoms with Gasteiger partial charge in [-0.1, -0.05) is 35.9 Å². The fourth-order valence-electron chi connectivity index (χ4n) is 4.31. The molecule has 0 atom stereocenters. The molecule has 0 bridgehead atoms. The molecule has 1 amide bonds. The highest BCUT2D eigenvalue weighted by Crippen LogP contribution is 2.32. The molecule has 0 spiro atoms. The quantitative estimate of drug-likeness (QED) is 0.389. The lowest BCUT2D eigenvalue weighted by Gasteiger charge is -2.13. The lowest BCUT2D eigenvalue weighted by atomic mass is 10.2. The Kier molecular flexibility index (Phi) is 5.26. The summed E-state index contributed by atoms with van der Waals surface area (Å²) in [5, 5.41) is 3.77. The molecule has 180 valence electrons. The van der Waals surface area contributed by atoms with Crippen LogP contribution in [-0.2, 0) is 17.9 Å². The third-order valence-electron chi connectivity index (χ3n) is 5.93.